The Hall–Kier alpha value is -1.55. The lowest BCUT2D eigenvalue weighted by Crippen LogP contribution is -1.91. The summed E-state index contributed by atoms with van der Waals surface area (Å²) in [6.07, 6.45) is 0. The molecule has 0 spiro atoms. The largest absolute Gasteiger partial charge is 0.475 e. The van der Waals surface area contributed by atoms with E-state index in [-0.39, 0.29) is 21.8 Å². The van der Waals surface area contributed by atoms with Crippen molar-refractivity contribution >= 4 is 28.5 Å². The van der Waals surface area contributed by atoms with Crippen molar-refractivity contribution in [3.8, 4) is 0 Å². The third-order valence-corrected chi connectivity index (χ3v) is 2.09. The van der Waals surface area contributed by atoms with Crippen molar-refractivity contribution in [3.63, 3.8) is 0 Å². The monoisotopic (exact) mass is 214 g/mol. The van der Waals surface area contributed by atoms with Gasteiger partial charge in [0.25, 0.3) is 0 Å². The molecule has 0 atom stereocenters. The quantitative estimate of drug-likeness (QED) is 0.794. The number of carboxylic acid groups (broad SMARTS) is 1. The van der Waals surface area contributed by atoms with E-state index < -0.39 is 11.8 Å². The fraction of sp³-hybridized carbons (Fsp3) is 0. The Morgan fingerprint density at radius 3 is 2.79 bits per heavy atom. The molecule has 72 valence electrons. The Balaban J connectivity index is 2.82. The van der Waals surface area contributed by atoms with Gasteiger partial charge in [-0.25, -0.2) is 9.18 Å². The molecule has 5 heteroatoms. The number of fused-ring (bicyclic) bond motifs is 1. The van der Waals surface area contributed by atoms with Crippen LogP contribution >= 0.6 is 11.6 Å². The van der Waals surface area contributed by atoms with Crippen molar-refractivity contribution in [2.45, 2.75) is 0 Å². The van der Waals surface area contributed by atoms with Gasteiger partial charge in [-0.1, -0.05) is 11.6 Å². The Labute approximate surface area is 82.7 Å². The Bertz CT molecular complexity index is 479. The molecule has 1 aromatic heterocycles. The van der Waals surface area contributed by atoms with Crippen LogP contribution in [0.3, 0.4) is 0 Å². The second-order valence-corrected chi connectivity index (χ2v) is 3.10. The van der Waals surface area contributed by atoms with Crippen molar-refractivity contribution in [1.29, 1.82) is 0 Å². The third-order valence-electron chi connectivity index (χ3n) is 1.79. The molecule has 14 heavy (non-hydrogen) atoms. The standard InChI is InChI=1S/C9H4ClFO3/c10-5-1-2-6(11)4-3-7(9(12)13)14-8(4)5/h1-3H,(H,12,13). The summed E-state index contributed by atoms with van der Waals surface area (Å²) < 4.78 is 18.0. The number of rotatable bonds is 1. The zero-order valence-corrected chi connectivity index (χ0v) is 7.51. The topological polar surface area (TPSA) is 50.4 Å². The summed E-state index contributed by atoms with van der Waals surface area (Å²) in [5.74, 6) is -2.13. The first-order chi connectivity index (χ1) is 6.59. The molecule has 1 aromatic carbocycles. The number of halogens is 2. The smallest absolute Gasteiger partial charge is 0.371 e. The highest BCUT2D eigenvalue weighted by molar-refractivity contribution is 6.34. The van der Waals surface area contributed by atoms with Crippen LogP contribution in [0.15, 0.2) is 22.6 Å². The van der Waals surface area contributed by atoms with Crippen LogP contribution in [-0.4, -0.2) is 11.1 Å². The summed E-state index contributed by atoms with van der Waals surface area (Å²) in [4.78, 5) is 10.5. The van der Waals surface area contributed by atoms with Crippen LogP contribution in [0.1, 0.15) is 10.6 Å². The van der Waals surface area contributed by atoms with Crippen LogP contribution < -0.4 is 0 Å². The lowest BCUT2D eigenvalue weighted by atomic mass is 10.2. The molecule has 0 bridgehead atoms. The minimum Gasteiger partial charge on any atom is -0.475 e. The van der Waals surface area contributed by atoms with Gasteiger partial charge in [-0.2, -0.15) is 0 Å². The summed E-state index contributed by atoms with van der Waals surface area (Å²) in [7, 11) is 0. The van der Waals surface area contributed by atoms with Crippen LogP contribution in [0.25, 0.3) is 11.0 Å². The fourth-order valence-corrected chi connectivity index (χ4v) is 1.37. The first kappa shape index (κ1) is 9.02. The molecule has 2 aromatic rings. The van der Waals surface area contributed by atoms with E-state index in [0.29, 0.717) is 0 Å². The Morgan fingerprint density at radius 1 is 1.50 bits per heavy atom. The van der Waals surface area contributed by atoms with Crippen molar-refractivity contribution < 1.29 is 18.7 Å². The number of furan rings is 1. The molecule has 0 fully saturated rings. The summed E-state index contributed by atoms with van der Waals surface area (Å²) in [6, 6.07) is 3.58. The lowest BCUT2D eigenvalue weighted by Gasteiger charge is -1.92. The number of hydrogen-bond donors (Lipinski definition) is 1. The van der Waals surface area contributed by atoms with Crippen molar-refractivity contribution in [2.75, 3.05) is 0 Å². The number of benzene rings is 1. The van der Waals surface area contributed by atoms with Crippen LogP contribution in [-0.2, 0) is 0 Å². The molecule has 1 heterocycles. The molecule has 3 nitrogen and oxygen atoms in total. The summed E-state index contributed by atoms with van der Waals surface area (Å²) in [5.41, 5.74) is 0.0593. The molecule has 2 rings (SSSR count). The maximum Gasteiger partial charge on any atom is 0.371 e. The molecular weight excluding hydrogens is 211 g/mol. The predicted molar refractivity (Wildman–Crippen MR) is 48.1 cm³/mol. The number of aromatic carboxylic acids is 1. The first-order valence-electron chi connectivity index (χ1n) is 3.70. The Kier molecular flexibility index (Phi) is 1.93. The minimum absolute atomic E-state index is 0.0593. The molecule has 1 N–H and O–H groups in total. The average Bonchev–Trinajstić information content (AvgIpc) is 2.57. The zero-order valence-electron chi connectivity index (χ0n) is 6.75. The number of carboxylic acids is 1. The van der Waals surface area contributed by atoms with E-state index >= 15 is 0 Å². The average molecular weight is 215 g/mol. The Morgan fingerprint density at radius 2 is 2.21 bits per heavy atom. The molecule has 0 saturated carbocycles. The molecule has 0 saturated heterocycles. The molecule has 0 radical (unpaired) electrons. The van der Waals surface area contributed by atoms with Gasteiger partial charge in [0.2, 0.25) is 5.76 Å². The van der Waals surface area contributed by atoms with Crippen LogP contribution in [0, 0.1) is 5.82 Å². The highest BCUT2D eigenvalue weighted by Gasteiger charge is 2.15. The van der Waals surface area contributed by atoms with Gasteiger partial charge in [0, 0.05) is 6.07 Å². The van der Waals surface area contributed by atoms with E-state index in [1.54, 1.807) is 0 Å². The van der Waals surface area contributed by atoms with Gasteiger partial charge in [0.15, 0.2) is 5.58 Å². The van der Waals surface area contributed by atoms with Gasteiger partial charge < -0.3 is 9.52 Å². The highest BCUT2D eigenvalue weighted by Crippen LogP contribution is 2.28. The number of hydrogen-bond acceptors (Lipinski definition) is 2. The maximum atomic E-state index is 13.1. The fourth-order valence-electron chi connectivity index (χ4n) is 1.16. The van der Waals surface area contributed by atoms with E-state index in [0.717, 1.165) is 12.1 Å². The first-order valence-corrected chi connectivity index (χ1v) is 4.08. The number of carbonyl (C=O) groups is 1. The van der Waals surface area contributed by atoms with Crippen molar-refractivity contribution in [3.05, 3.63) is 34.8 Å². The molecule has 0 aliphatic carbocycles. The van der Waals surface area contributed by atoms with Crippen molar-refractivity contribution in [1.82, 2.24) is 0 Å². The SMILES string of the molecule is O=C(O)c1cc2c(F)ccc(Cl)c2o1. The second kappa shape index (κ2) is 2.99. The molecule has 0 aliphatic heterocycles. The predicted octanol–water partition coefficient (Wildman–Crippen LogP) is 2.92. The van der Waals surface area contributed by atoms with Crippen LogP contribution in [0.5, 0.6) is 0 Å². The molecule has 0 aliphatic rings. The summed E-state index contributed by atoms with van der Waals surface area (Å²) in [5, 5.41) is 8.88. The van der Waals surface area contributed by atoms with E-state index in [1.165, 1.54) is 6.07 Å². The van der Waals surface area contributed by atoms with Crippen molar-refractivity contribution in [2.24, 2.45) is 0 Å². The van der Waals surface area contributed by atoms with E-state index in [9.17, 15) is 9.18 Å². The van der Waals surface area contributed by atoms with Gasteiger partial charge in [0.1, 0.15) is 5.82 Å². The van der Waals surface area contributed by atoms with Gasteiger partial charge in [-0.15, -0.1) is 0 Å². The highest BCUT2D eigenvalue weighted by atomic mass is 35.5. The van der Waals surface area contributed by atoms with E-state index in [4.69, 9.17) is 21.1 Å². The van der Waals surface area contributed by atoms with E-state index in [1.807, 2.05) is 0 Å². The second-order valence-electron chi connectivity index (χ2n) is 2.69. The molecular formula is C9H4ClFO3. The minimum atomic E-state index is -1.25. The van der Waals surface area contributed by atoms with Crippen LogP contribution in [0.4, 0.5) is 4.39 Å². The molecule has 0 amide bonds. The maximum absolute atomic E-state index is 13.1. The summed E-state index contributed by atoms with van der Waals surface area (Å²) in [6.45, 7) is 0. The zero-order chi connectivity index (χ0) is 10.3. The third kappa shape index (κ3) is 1.24. The van der Waals surface area contributed by atoms with Gasteiger partial charge in [0.05, 0.1) is 10.4 Å². The lowest BCUT2D eigenvalue weighted by molar-refractivity contribution is 0.0665. The van der Waals surface area contributed by atoms with Gasteiger partial charge in [-0.3, -0.25) is 0 Å². The van der Waals surface area contributed by atoms with Crippen LogP contribution in [0.2, 0.25) is 5.02 Å². The van der Waals surface area contributed by atoms with E-state index in [2.05, 4.69) is 0 Å². The molecule has 0 unspecified atom stereocenters. The summed E-state index contributed by atoms with van der Waals surface area (Å²) >= 11 is 5.69. The normalized spacial score (nSPS) is 10.7. The van der Waals surface area contributed by atoms with Gasteiger partial charge >= 0.3 is 5.97 Å². The van der Waals surface area contributed by atoms with Gasteiger partial charge in [-0.05, 0) is 12.1 Å².